The van der Waals surface area contributed by atoms with E-state index in [4.69, 9.17) is 9.47 Å². The molecule has 0 saturated carbocycles. The first-order valence-electron chi connectivity index (χ1n) is 11.5. The van der Waals surface area contributed by atoms with Crippen LogP contribution in [0.4, 0.5) is 0 Å². The third-order valence-electron chi connectivity index (χ3n) is 5.77. The van der Waals surface area contributed by atoms with E-state index in [-0.39, 0.29) is 0 Å². The molecular weight excluding hydrogens is 448 g/mol. The lowest BCUT2D eigenvalue weighted by atomic mass is 9.89. The van der Waals surface area contributed by atoms with Crippen LogP contribution in [-0.4, -0.2) is 26.2 Å². The molecule has 4 aromatic rings. The van der Waals surface area contributed by atoms with Crippen LogP contribution in [0, 0.1) is 0 Å². The summed E-state index contributed by atoms with van der Waals surface area (Å²) in [5.74, 6) is -0.973. The van der Waals surface area contributed by atoms with Crippen LogP contribution >= 0.6 is 0 Å². The van der Waals surface area contributed by atoms with Gasteiger partial charge in [-0.15, -0.1) is 0 Å². The normalized spacial score (nSPS) is 11.1. The fraction of sp³-hybridized carbons (Fsp3) is 0.0625. The Morgan fingerprint density at radius 1 is 0.500 bits per heavy atom. The molecule has 0 bridgehead atoms. The topological polar surface area (TPSA) is 52.6 Å². The van der Waals surface area contributed by atoms with Crippen LogP contribution in [0.2, 0.25) is 0 Å². The molecular formula is C32H26O4. The Morgan fingerprint density at radius 3 is 1.25 bits per heavy atom. The van der Waals surface area contributed by atoms with Gasteiger partial charge in [0.1, 0.15) is 0 Å². The van der Waals surface area contributed by atoms with Crippen LogP contribution in [-0.2, 0) is 9.47 Å². The monoisotopic (exact) mass is 474 g/mol. The molecule has 4 aromatic carbocycles. The Bertz CT molecular complexity index is 1310. The smallest absolute Gasteiger partial charge is 0.339 e. The molecule has 0 aromatic heterocycles. The van der Waals surface area contributed by atoms with Gasteiger partial charge in [0.25, 0.3) is 0 Å². The van der Waals surface area contributed by atoms with Crippen LogP contribution in [0.25, 0.3) is 35.4 Å². The Labute approximate surface area is 211 Å². The summed E-state index contributed by atoms with van der Waals surface area (Å²) >= 11 is 0. The minimum absolute atomic E-state index is 0.376. The van der Waals surface area contributed by atoms with E-state index in [9.17, 15) is 9.59 Å². The molecule has 0 saturated heterocycles. The van der Waals surface area contributed by atoms with Gasteiger partial charge in [0.15, 0.2) is 0 Å². The van der Waals surface area contributed by atoms with Crippen molar-refractivity contribution in [3.63, 3.8) is 0 Å². The maximum absolute atomic E-state index is 13.0. The Morgan fingerprint density at radius 2 is 0.889 bits per heavy atom. The molecule has 0 spiro atoms. The first-order valence-corrected chi connectivity index (χ1v) is 11.5. The molecule has 0 amide bonds. The fourth-order valence-corrected chi connectivity index (χ4v) is 4.03. The highest BCUT2D eigenvalue weighted by molar-refractivity contribution is 6.07. The van der Waals surface area contributed by atoms with Crippen molar-refractivity contribution in [3.05, 3.63) is 130 Å². The lowest BCUT2D eigenvalue weighted by Gasteiger charge is -2.16. The van der Waals surface area contributed by atoms with Gasteiger partial charge in [-0.1, -0.05) is 121 Å². The molecule has 4 heteroatoms. The quantitative estimate of drug-likeness (QED) is 0.209. The predicted octanol–water partition coefficient (Wildman–Crippen LogP) is 7.27. The highest BCUT2D eigenvalue weighted by Gasteiger charge is 2.23. The van der Waals surface area contributed by atoms with E-state index in [0.29, 0.717) is 33.4 Å². The third kappa shape index (κ3) is 5.50. The van der Waals surface area contributed by atoms with Crippen molar-refractivity contribution in [1.29, 1.82) is 0 Å². The third-order valence-corrected chi connectivity index (χ3v) is 5.77. The maximum Gasteiger partial charge on any atom is 0.339 e. The number of carbonyl (C=O) groups excluding carboxylic acids is 2. The Hall–Kier alpha value is -4.70. The molecule has 0 aliphatic heterocycles. The summed E-state index contributed by atoms with van der Waals surface area (Å²) in [6, 6.07) is 30.7. The summed E-state index contributed by atoms with van der Waals surface area (Å²) in [6.07, 6.45) is 7.63. The number of hydrogen-bond acceptors (Lipinski definition) is 4. The van der Waals surface area contributed by atoms with Crippen molar-refractivity contribution >= 4 is 36.2 Å². The van der Waals surface area contributed by atoms with Crippen LogP contribution in [0.5, 0.6) is 0 Å². The number of ether oxygens (including phenoxy) is 2. The van der Waals surface area contributed by atoms with Crippen molar-refractivity contribution in [2.75, 3.05) is 14.2 Å². The molecule has 0 radical (unpaired) electrons. The van der Waals surface area contributed by atoms with Crippen LogP contribution in [0.1, 0.15) is 43.0 Å². The minimum Gasteiger partial charge on any atom is -0.465 e. The van der Waals surface area contributed by atoms with Crippen LogP contribution in [0.15, 0.2) is 97.1 Å². The van der Waals surface area contributed by atoms with Crippen molar-refractivity contribution in [2.24, 2.45) is 0 Å². The van der Waals surface area contributed by atoms with Gasteiger partial charge in [0, 0.05) is 0 Å². The summed E-state index contributed by atoms with van der Waals surface area (Å²) in [7, 11) is 2.70. The highest BCUT2D eigenvalue weighted by atomic mass is 16.5. The van der Waals surface area contributed by atoms with E-state index in [1.54, 1.807) is 0 Å². The number of esters is 2. The first kappa shape index (κ1) is 24.4. The van der Waals surface area contributed by atoms with Crippen molar-refractivity contribution in [2.45, 2.75) is 0 Å². The second-order valence-corrected chi connectivity index (χ2v) is 8.01. The molecule has 0 atom stereocenters. The average Bonchev–Trinajstić information content (AvgIpc) is 2.94. The number of hydrogen-bond donors (Lipinski definition) is 0. The van der Waals surface area contributed by atoms with Gasteiger partial charge >= 0.3 is 11.9 Å². The standard InChI is InChI=1S/C32H26O4/c1-35-31(33)29-25(21-19-23-11-5-3-6-12-23)15-9-17-27(29)28-18-10-16-26(30(28)32(34)36-2)22-20-24-13-7-4-8-14-24/h3-22H,1-2H3/b21-19+,22-20+. The van der Waals surface area contributed by atoms with Gasteiger partial charge in [-0.2, -0.15) is 0 Å². The van der Waals surface area contributed by atoms with Crippen LogP contribution < -0.4 is 0 Å². The summed E-state index contributed by atoms with van der Waals surface area (Å²) in [6.45, 7) is 0. The molecule has 0 unspecified atom stereocenters. The molecule has 0 aliphatic carbocycles. The lowest BCUT2D eigenvalue weighted by Crippen LogP contribution is -2.10. The lowest BCUT2D eigenvalue weighted by molar-refractivity contribution is 0.0589. The van der Waals surface area contributed by atoms with Gasteiger partial charge in [-0.3, -0.25) is 0 Å². The fourth-order valence-electron chi connectivity index (χ4n) is 4.03. The SMILES string of the molecule is COC(=O)c1c(/C=C/c2ccccc2)cccc1-c1cccc(/C=C/c2ccccc2)c1C(=O)OC. The summed E-state index contributed by atoms with van der Waals surface area (Å²) in [4.78, 5) is 26.0. The van der Waals surface area contributed by atoms with Crippen molar-refractivity contribution < 1.29 is 19.1 Å². The average molecular weight is 475 g/mol. The van der Waals surface area contributed by atoms with Gasteiger partial charge < -0.3 is 9.47 Å². The van der Waals surface area contributed by atoms with E-state index in [1.807, 2.05) is 121 Å². The molecule has 0 fully saturated rings. The summed E-state index contributed by atoms with van der Waals surface area (Å²) < 4.78 is 10.3. The number of rotatable bonds is 7. The van der Waals surface area contributed by atoms with E-state index < -0.39 is 11.9 Å². The molecule has 0 heterocycles. The Balaban J connectivity index is 1.88. The summed E-state index contributed by atoms with van der Waals surface area (Å²) in [5.41, 5.74) is 5.31. The molecule has 178 valence electrons. The van der Waals surface area contributed by atoms with Crippen molar-refractivity contribution in [1.82, 2.24) is 0 Å². The van der Waals surface area contributed by atoms with E-state index in [0.717, 1.165) is 11.1 Å². The molecule has 0 aliphatic rings. The largest absolute Gasteiger partial charge is 0.465 e. The zero-order chi connectivity index (χ0) is 25.3. The molecule has 36 heavy (non-hydrogen) atoms. The van der Waals surface area contributed by atoms with Gasteiger partial charge in [0.2, 0.25) is 0 Å². The molecule has 4 nitrogen and oxygen atoms in total. The van der Waals surface area contributed by atoms with Gasteiger partial charge in [0.05, 0.1) is 25.3 Å². The zero-order valence-corrected chi connectivity index (χ0v) is 20.2. The van der Waals surface area contributed by atoms with Gasteiger partial charge in [-0.25, -0.2) is 9.59 Å². The zero-order valence-electron chi connectivity index (χ0n) is 20.2. The number of methoxy groups -OCH3 is 2. The van der Waals surface area contributed by atoms with Crippen molar-refractivity contribution in [3.8, 4) is 11.1 Å². The van der Waals surface area contributed by atoms with Gasteiger partial charge in [-0.05, 0) is 33.4 Å². The van der Waals surface area contributed by atoms with E-state index in [1.165, 1.54) is 14.2 Å². The van der Waals surface area contributed by atoms with Crippen LogP contribution in [0.3, 0.4) is 0 Å². The Kier molecular flexibility index (Phi) is 7.89. The number of benzene rings is 4. The van der Waals surface area contributed by atoms with E-state index >= 15 is 0 Å². The second kappa shape index (κ2) is 11.6. The minimum atomic E-state index is -0.487. The van der Waals surface area contributed by atoms with E-state index in [2.05, 4.69) is 0 Å². The maximum atomic E-state index is 13.0. The molecule has 0 N–H and O–H groups in total. The second-order valence-electron chi connectivity index (χ2n) is 8.01. The predicted molar refractivity (Wildman–Crippen MR) is 145 cm³/mol. The first-order chi connectivity index (χ1) is 17.6. The number of carbonyl (C=O) groups is 2. The molecule has 4 rings (SSSR count). The highest BCUT2D eigenvalue weighted by Crippen LogP contribution is 2.33. The summed E-state index contributed by atoms with van der Waals surface area (Å²) in [5, 5.41) is 0.